The molecule has 1 rings (SSSR count). The van der Waals surface area contributed by atoms with Gasteiger partial charge in [0, 0.05) is 18.5 Å². The lowest BCUT2D eigenvalue weighted by Crippen LogP contribution is -2.37. The smallest absolute Gasteiger partial charge is 0.195 e. The van der Waals surface area contributed by atoms with E-state index in [1.165, 1.54) is 0 Å². The molecule has 1 N–H and O–H groups in total. The van der Waals surface area contributed by atoms with Gasteiger partial charge in [-0.2, -0.15) is 0 Å². The minimum Gasteiger partial charge on any atom is -0.443 e. The third-order valence-electron chi connectivity index (χ3n) is 2.15. The highest BCUT2D eigenvalue weighted by molar-refractivity contribution is 4.93. The number of hydrogen-bond donors (Lipinski definition) is 1. The van der Waals surface area contributed by atoms with Crippen molar-refractivity contribution in [3.63, 3.8) is 0 Å². The van der Waals surface area contributed by atoms with Crippen LogP contribution in [0.25, 0.3) is 0 Å². The molecule has 0 aliphatic heterocycles. The maximum atomic E-state index is 5.57. The van der Waals surface area contributed by atoms with E-state index in [0.717, 1.165) is 24.6 Å². The molecule has 1 heterocycles. The second-order valence-corrected chi connectivity index (χ2v) is 5.51. The summed E-state index contributed by atoms with van der Waals surface area (Å²) in [7, 11) is 0. The summed E-state index contributed by atoms with van der Waals surface area (Å²) in [6.45, 7) is 11.8. The van der Waals surface area contributed by atoms with Gasteiger partial charge in [0.15, 0.2) is 5.89 Å². The molecule has 0 radical (unpaired) electrons. The summed E-state index contributed by atoms with van der Waals surface area (Å²) in [5.74, 6) is 1.56. The Labute approximate surface area is 104 Å². The molecule has 98 valence electrons. The maximum absolute atomic E-state index is 5.57. The Bertz CT molecular complexity index is 326. The third kappa shape index (κ3) is 6.44. The quantitative estimate of drug-likeness (QED) is 0.830. The summed E-state index contributed by atoms with van der Waals surface area (Å²) in [5.41, 5.74) is 0.135. The topological polar surface area (TPSA) is 47.3 Å². The number of ether oxygens (including phenoxy) is 1. The molecule has 1 aromatic rings. The summed E-state index contributed by atoms with van der Waals surface area (Å²) >= 11 is 0. The SMILES string of the molecule is CC(C)OCc1cnc(CCNC(C)(C)C)o1. The minimum absolute atomic E-state index is 0.135. The molecular weight excluding hydrogens is 216 g/mol. The maximum Gasteiger partial charge on any atom is 0.195 e. The van der Waals surface area contributed by atoms with Crippen LogP contribution in [0.15, 0.2) is 10.6 Å². The largest absolute Gasteiger partial charge is 0.443 e. The molecular formula is C13H24N2O2. The van der Waals surface area contributed by atoms with E-state index in [1.807, 2.05) is 13.8 Å². The van der Waals surface area contributed by atoms with Crippen LogP contribution in [0.1, 0.15) is 46.3 Å². The molecule has 0 aliphatic rings. The van der Waals surface area contributed by atoms with Crippen molar-refractivity contribution >= 4 is 0 Å². The molecule has 0 bridgehead atoms. The highest BCUT2D eigenvalue weighted by atomic mass is 16.5. The zero-order chi connectivity index (χ0) is 12.9. The predicted molar refractivity (Wildman–Crippen MR) is 67.9 cm³/mol. The van der Waals surface area contributed by atoms with Gasteiger partial charge in [0.05, 0.1) is 12.3 Å². The van der Waals surface area contributed by atoms with E-state index in [1.54, 1.807) is 6.20 Å². The van der Waals surface area contributed by atoms with Crippen LogP contribution in [-0.4, -0.2) is 23.2 Å². The molecule has 0 atom stereocenters. The molecule has 0 unspecified atom stereocenters. The van der Waals surface area contributed by atoms with Gasteiger partial charge in [0.25, 0.3) is 0 Å². The summed E-state index contributed by atoms with van der Waals surface area (Å²) < 4.78 is 11.0. The van der Waals surface area contributed by atoms with E-state index in [0.29, 0.717) is 6.61 Å². The molecule has 0 fully saturated rings. The number of oxazole rings is 1. The first-order valence-corrected chi connectivity index (χ1v) is 6.17. The van der Waals surface area contributed by atoms with Crippen molar-refractivity contribution in [3.05, 3.63) is 17.8 Å². The molecule has 17 heavy (non-hydrogen) atoms. The fraction of sp³-hybridized carbons (Fsp3) is 0.769. The van der Waals surface area contributed by atoms with Gasteiger partial charge in [-0.1, -0.05) is 0 Å². The van der Waals surface area contributed by atoms with Crippen molar-refractivity contribution in [2.75, 3.05) is 6.54 Å². The Morgan fingerprint density at radius 3 is 2.71 bits per heavy atom. The second-order valence-electron chi connectivity index (χ2n) is 5.51. The fourth-order valence-corrected chi connectivity index (χ4v) is 1.32. The van der Waals surface area contributed by atoms with Gasteiger partial charge >= 0.3 is 0 Å². The zero-order valence-corrected chi connectivity index (χ0v) is 11.5. The Kier molecular flexibility index (Phi) is 5.15. The molecule has 1 aromatic heterocycles. The van der Waals surface area contributed by atoms with Crippen LogP contribution in [0.5, 0.6) is 0 Å². The minimum atomic E-state index is 0.135. The van der Waals surface area contributed by atoms with Gasteiger partial charge in [-0.3, -0.25) is 0 Å². The monoisotopic (exact) mass is 240 g/mol. The van der Waals surface area contributed by atoms with Crippen LogP contribution in [0.4, 0.5) is 0 Å². The average Bonchev–Trinajstić information content (AvgIpc) is 2.61. The summed E-state index contributed by atoms with van der Waals surface area (Å²) in [5, 5.41) is 3.40. The van der Waals surface area contributed by atoms with Crippen LogP contribution in [-0.2, 0) is 17.8 Å². The first-order valence-electron chi connectivity index (χ1n) is 6.17. The van der Waals surface area contributed by atoms with Crippen LogP contribution in [0, 0.1) is 0 Å². The molecule has 4 heteroatoms. The Morgan fingerprint density at radius 2 is 2.12 bits per heavy atom. The normalized spacial score (nSPS) is 12.4. The van der Waals surface area contributed by atoms with Crippen LogP contribution >= 0.6 is 0 Å². The number of aromatic nitrogens is 1. The number of rotatable bonds is 6. The van der Waals surface area contributed by atoms with Gasteiger partial charge in [-0.25, -0.2) is 4.98 Å². The number of hydrogen-bond acceptors (Lipinski definition) is 4. The van der Waals surface area contributed by atoms with E-state index in [-0.39, 0.29) is 11.6 Å². The molecule has 4 nitrogen and oxygen atoms in total. The molecule has 0 aliphatic carbocycles. The van der Waals surface area contributed by atoms with Gasteiger partial charge in [0.1, 0.15) is 12.4 Å². The van der Waals surface area contributed by atoms with Crippen molar-refractivity contribution in [3.8, 4) is 0 Å². The van der Waals surface area contributed by atoms with Crippen molar-refractivity contribution in [1.29, 1.82) is 0 Å². The first-order chi connectivity index (χ1) is 7.87. The Hall–Kier alpha value is -0.870. The molecule has 0 saturated heterocycles. The molecule has 0 aromatic carbocycles. The highest BCUT2D eigenvalue weighted by Crippen LogP contribution is 2.07. The third-order valence-corrected chi connectivity index (χ3v) is 2.15. The van der Waals surface area contributed by atoms with E-state index in [2.05, 4.69) is 31.1 Å². The van der Waals surface area contributed by atoms with E-state index >= 15 is 0 Å². The molecule has 0 saturated carbocycles. The van der Waals surface area contributed by atoms with Crippen molar-refractivity contribution in [2.24, 2.45) is 0 Å². The van der Waals surface area contributed by atoms with Crippen LogP contribution in [0.2, 0.25) is 0 Å². The Balaban J connectivity index is 2.31. The van der Waals surface area contributed by atoms with Gasteiger partial charge < -0.3 is 14.5 Å². The molecule has 0 amide bonds. The zero-order valence-electron chi connectivity index (χ0n) is 11.5. The van der Waals surface area contributed by atoms with Crippen molar-refractivity contribution in [1.82, 2.24) is 10.3 Å². The second kappa shape index (κ2) is 6.17. The average molecular weight is 240 g/mol. The predicted octanol–water partition coefficient (Wildman–Crippen LogP) is 2.53. The lowest BCUT2D eigenvalue weighted by atomic mass is 10.1. The number of nitrogens with one attached hydrogen (secondary N) is 1. The van der Waals surface area contributed by atoms with Gasteiger partial charge in [-0.05, 0) is 34.6 Å². The van der Waals surface area contributed by atoms with E-state index < -0.39 is 0 Å². The first kappa shape index (κ1) is 14.2. The lowest BCUT2D eigenvalue weighted by Gasteiger charge is -2.19. The summed E-state index contributed by atoms with van der Waals surface area (Å²) in [6.07, 6.45) is 2.76. The summed E-state index contributed by atoms with van der Waals surface area (Å²) in [6, 6.07) is 0. The number of nitrogens with zero attached hydrogens (tertiary/aromatic N) is 1. The Morgan fingerprint density at radius 1 is 1.41 bits per heavy atom. The van der Waals surface area contributed by atoms with Gasteiger partial charge in [-0.15, -0.1) is 0 Å². The van der Waals surface area contributed by atoms with Crippen molar-refractivity contribution < 1.29 is 9.15 Å². The standard InChI is InChI=1S/C13H24N2O2/c1-10(2)16-9-11-8-14-12(17-11)6-7-15-13(3,4)5/h8,10,15H,6-7,9H2,1-5H3. The summed E-state index contributed by atoms with van der Waals surface area (Å²) in [4.78, 5) is 4.23. The van der Waals surface area contributed by atoms with Crippen molar-refractivity contribution in [2.45, 2.75) is 59.3 Å². The van der Waals surface area contributed by atoms with E-state index in [9.17, 15) is 0 Å². The van der Waals surface area contributed by atoms with Crippen LogP contribution < -0.4 is 5.32 Å². The fourth-order valence-electron chi connectivity index (χ4n) is 1.32. The highest BCUT2D eigenvalue weighted by Gasteiger charge is 2.09. The lowest BCUT2D eigenvalue weighted by molar-refractivity contribution is 0.0539. The molecule has 0 spiro atoms. The van der Waals surface area contributed by atoms with Crippen LogP contribution in [0.3, 0.4) is 0 Å². The van der Waals surface area contributed by atoms with Gasteiger partial charge in [0.2, 0.25) is 0 Å². The van der Waals surface area contributed by atoms with E-state index in [4.69, 9.17) is 9.15 Å².